The molecule has 2 unspecified atom stereocenters. The number of nitrogens with one attached hydrogen (secondary N) is 1. The molecule has 2 heteroatoms. The van der Waals surface area contributed by atoms with E-state index in [9.17, 15) is 0 Å². The van der Waals surface area contributed by atoms with Crippen LogP contribution in [0.3, 0.4) is 0 Å². The fourth-order valence-corrected chi connectivity index (χ4v) is 2.82. The third kappa shape index (κ3) is 4.06. The molecule has 1 aliphatic carbocycles. The smallest absolute Gasteiger partial charge is 0.0241 e. The van der Waals surface area contributed by atoms with E-state index in [4.69, 9.17) is 5.84 Å². The largest absolute Gasteiger partial charge is 0.271 e. The van der Waals surface area contributed by atoms with Gasteiger partial charge in [-0.25, -0.2) is 0 Å². The van der Waals surface area contributed by atoms with Crippen molar-refractivity contribution in [3.63, 3.8) is 0 Å². The van der Waals surface area contributed by atoms with Crippen molar-refractivity contribution in [2.24, 2.45) is 23.1 Å². The van der Waals surface area contributed by atoms with Crippen molar-refractivity contribution in [3.05, 3.63) is 0 Å². The second-order valence-electron chi connectivity index (χ2n) is 6.52. The van der Waals surface area contributed by atoms with Gasteiger partial charge in [0.15, 0.2) is 0 Å². The molecule has 0 aromatic rings. The topological polar surface area (TPSA) is 38.0 Å². The van der Waals surface area contributed by atoms with E-state index >= 15 is 0 Å². The highest BCUT2D eigenvalue weighted by Crippen LogP contribution is 2.40. The van der Waals surface area contributed by atoms with Crippen molar-refractivity contribution in [2.45, 2.75) is 72.3 Å². The summed E-state index contributed by atoms with van der Waals surface area (Å²) in [5, 5.41) is 0. The molecule has 1 fully saturated rings. The van der Waals surface area contributed by atoms with Crippen molar-refractivity contribution >= 4 is 0 Å². The quantitative estimate of drug-likeness (QED) is 0.556. The predicted molar refractivity (Wildman–Crippen MR) is 70.9 cm³/mol. The fourth-order valence-electron chi connectivity index (χ4n) is 2.82. The van der Waals surface area contributed by atoms with Crippen LogP contribution in [-0.4, -0.2) is 6.04 Å². The standard InChI is InChI=1S/C14H30N2/c1-5-11(2)10-13(16-15)12-6-8-14(3,4)9-7-12/h11-13,16H,5-10,15H2,1-4H3. The Hall–Kier alpha value is -0.0800. The van der Waals surface area contributed by atoms with Gasteiger partial charge >= 0.3 is 0 Å². The van der Waals surface area contributed by atoms with E-state index in [2.05, 4.69) is 33.1 Å². The summed E-state index contributed by atoms with van der Waals surface area (Å²) in [4.78, 5) is 0. The minimum Gasteiger partial charge on any atom is -0.271 e. The van der Waals surface area contributed by atoms with Gasteiger partial charge in [0.2, 0.25) is 0 Å². The van der Waals surface area contributed by atoms with E-state index in [1.807, 2.05) is 0 Å². The van der Waals surface area contributed by atoms with Gasteiger partial charge in [0, 0.05) is 6.04 Å². The Bertz CT molecular complexity index is 191. The van der Waals surface area contributed by atoms with Crippen molar-refractivity contribution in [2.75, 3.05) is 0 Å². The van der Waals surface area contributed by atoms with Crippen LogP contribution >= 0.6 is 0 Å². The lowest BCUT2D eigenvalue weighted by Gasteiger charge is -2.38. The molecule has 0 amide bonds. The Morgan fingerprint density at radius 1 is 1.31 bits per heavy atom. The van der Waals surface area contributed by atoms with Crippen molar-refractivity contribution in [3.8, 4) is 0 Å². The maximum atomic E-state index is 5.72. The summed E-state index contributed by atoms with van der Waals surface area (Å²) in [6, 6.07) is 0.533. The zero-order valence-electron chi connectivity index (χ0n) is 11.6. The molecule has 0 bridgehead atoms. The molecular weight excluding hydrogens is 196 g/mol. The summed E-state index contributed by atoms with van der Waals surface area (Å²) in [6.45, 7) is 9.38. The van der Waals surface area contributed by atoms with Gasteiger partial charge in [-0.1, -0.05) is 34.1 Å². The van der Waals surface area contributed by atoms with Crippen LogP contribution in [0.2, 0.25) is 0 Å². The highest BCUT2D eigenvalue weighted by molar-refractivity contribution is 4.85. The second kappa shape index (κ2) is 6.02. The van der Waals surface area contributed by atoms with E-state index < -0.39 is 0 Å². The predicted octanol–water partition coefficient (Wildman–Crippen LogP) is 3.47. The van der Waals surface area contributed by atoms with Gasteiger partial charge in [-0.3, -0.25) is 11.3 Å². The third-order valence-corrected chi connectivity index (χ3v) is 4.52. The van der Waals surface area contributed by atoms with Gasteiger partial charge in [-0.2, -0.15) is 0 Å². The van der Waals surface area contributed by atoms with Crippen LogP contribution in [0.1, 0.15) is 66.2 Å². The first-order valence-electron chi connectivity index (χ1n) is 6.94. The maximum absolute atomic E-state index is 5.72. The number of hydrogen-bond acceptors (Lipinski definition) is 2. The molecule has 0 saturated heterocycles. The second-order valence-corrected chi connectivity index (χ2v) is 6.52. The Morgan fingerprint density at radius 3 is 2.31 bits per heavy atom. The summed E-state index contributed by atoms with van der Waals surface area (Å²) in [5.41, 5.74) is 3.63. The minimum atomic E-state index is 0.533. The average molecular weight is 226 g/mol. The molecule has 1 saturated carbocycles. The van der Waals surface area contributed by atoms with Gasteiger partial charge in [0.1, 0.15) is 0 Å². The first kappa shape index (κ1) is 14.0. The Balaban J connectivity index is 2.43. The monoisotopic (exact) mass is 226 g/mol. The van der Waals surface area contributed by atoms with E-state index in [1.165, 1.54) is 38.5 Å². The third-order valence-electron chi connectivity index (χ3n) is 4.52. The van der Waals surface area contributed by atoms with Crippen LogP contribution in [0.15, 0.2) is 0 Å². The van der Waals surface area contributed by atoms with E-state index in [0.29, 0.717) is 11.5 Å². The molecule has 0 radical (unpaired) electrons. The van der Waals surface area contributed by atoms with E-state index in [-0.39, 0.29) is 0 Å². The van der Waals surface area contributed by atoms with Crippen LogP contribution in [0.5, 0.6) is 0 Å². The Morgan fingerprint density at radius 2 is 1.88 bits per heavy atom. The molecular formula is C14H30N2. The molecule has 96 valence electrons. The number of hydrogen-bond donors (Lipinski definition) is 2. The fraction of sp³-hybridized carbons (Fsp3) is 1.00. The maximum Gasteiger partial charge on any atom is 0.0241 e. The summed E-state index contributed by atoms with van der Waals surface area (Å²) < 4.78 is 0. The van der Waals surface area contributed by atoms with Crippen molar-refractivity contribution in [1.82, 2.24) is 5.43 Å². The highest BCUT2D eigenvalue weighted by atomic mass is 15.2. The summed E-state index contributed by atoms with van der Waals surface area (Å²) in [7, 11) is 0. The SMILES string of the molecule is CCC(C)CC(NN)C1CCC(C)(C)CC1. The summed E-state index contributed by atoms with van der Waals surface area (Å²) >= 11 is 0. The molecule has 0 aliphatic heterocycles. The summed E-state index contributed by atoms with van der Waals surface area (Å²) in [6.07, 6.45) is 7.90. The molecule has 1 aliphatic rings. The van der Waals surface area contributed by atoms with Crippen LogP contribution in [0.25, 0.3) is 0 Å². The molecule has 2 atom stereocenters. The lowest BCUT2D eigenvalue weighted by molar-refractivity contribution is 0.150. The van der Waals surface area contributed by atoms with Gasteiger partial charge in [-0.05, 0) is 49.4 Å². The first-order chi connectivity index (χ1) is 7.48. The van der Waals surface area contributed by atoms with Crippen LogP contribution < -0.4 is 11.3 Å². The molecule has 0 aromatic carbocycles. The Labute approximate surface area is 101 Å². The van der Waals surface area contributed by atoms with Gasteiger partial charge in [0.25, 0.3) is 0 Å². The highest BCUT2D eigenvalue weighted by Gasteiger charge is 2.31. The number of nitrogens with two attached hydrogens (primary N) is 1. The lowest BCUT2D eigenvalue weighted by Crippen LogP contribution is -2.43. The number of hydrazine groups is 1. The van der Waals surface area contributed by atoms with Crippen LogP contribution in [-0.2, 0) is 0 Å². The first-order valence-corrected chi connectivity index (χ1v) is 6.94. The molecule has 0 aromatic heterocycles. The molecule has 16 heavy (non-hydrogen) atoms. The zero-order valence-corrected chi connectivity index (χ0v) is 11.6. The number of rotatable bonds is 5. The zero-order chi connectivity index (χ0) is 12.2. The molecule has 2 nitrogen and oxygen atoms in total. The molecule has 0 spiro atoms. The van der Waals surface area contributed by atoms with Gasteiger partial charge in [0.05, 0.1) is 0 Å². The molecule has 3 N–H and O–H groups in total. The average Bonchev–Trinajstić information content (AvgIpc) is 2.26. The van der Waals surface area contributed by atoms with Crippen molar-refractivity contribution < 1.29 is 0 Å². The van der Waals surface area contributed by atoms with Gasteiger partial charge < -0.3 is 0 Å². The molecule has 0 heterocycles. The normalized spacial score (nSPS) is 25.3. The van der Waals surface area contributed by atoms with Gasteiger partial charge in [-0.15, -0.1) is 0 Å². The van der Waals surface area contributed by atoms with E-state index in [0.717, 1.165) is 11.8 Å². The minimum absolute atomic E-state index is 0.533. The van der Waals surface area contributed by atoms with Crippen LogP contribution in [0, 0.1) is 17.3 Å². The van der Waals surface area contributed by atoms with Crippen LogP contribution in [0.4, 0.5) is 0 Å². The summed E-state index contributed by atoms with van der Waals surface area (Å²) in [5.74, 6) is 7.31. The van der Waals surface area contributed by atoms with E-state index in [1.54, 1.807) is 0 Å². The Kier molecular flexibility index (Phi) is 5.26. The lowest BCUT2D eigenvalue weighted by atomic mass is 9.70. The van der Waals surface area contributed by atoms with Crippen molar-refractivity contribution in [1.29, 1.82) is 0 Å². The molecule has 1 rings (SSSR count).